The number of piperazine rings is 1. The number of ether oxygens (including phenoxy) is 1. The van der Waals surface area contributed by atoms with Crippen molar-refractivity contribution in [1.29, 1.82) is 0 Å². The lowest BCUT2D eigenvalue weighted by Gasteiger charge is -2.39. The Morgan fingerprint density at radius 1 is 1.00 bits per heavy atom. The van der Waals surface area contributed by atoms with Crippen LogP contribution in [0.3, 0.4) is 0 Å². The topological polar surface area (TPSA) is 70.2 Å². The highest BCUT2D eigenvalue weighted by Crippen LogP contribution is 2.37. The number of nitrogens with zero attached hydrogens (tertiary/aromatic N) is 3. The number of hydrogen-bond acceptors (Lipinski definition) is 5. The standard InChI is InChI=1S/C28H32ClN3O4/c1-4-36-28(35)27-20(3)32(25(33)17-23(27)21-9-11-22(29)12-10-21)18-26(34)31-15-13-30(14-16-31)24-8-6-5-7-19(24)2/h5-12,23H,4,13-18H2,1-3H3. The van der Waals surface area contributed by atoms with Gasteiger partial charge in [0, 0.05) is 54.9 Å². The fourth-order valence-corrected chi connectivity index (χ4v) is 5.13. The largest absolute Gasteiger partial charge is 0.463 e. The molecule has 1 fully saturated rings. The SMILES string of the molecule is CCOC(=O)C1=C(C)N(CC(=O)N2CCN(c3ccccc3C)CC2)C(=O)CC1c1ccc(Cl)cc1. The van der Waals surface area contributed by atoms with E-state index in [0.29, 0.717) is 29.4 Å². The molecule has 8 heteroatoms. The van der Waals surface area contributed by atoms with E-state index in [-0.39, 0.29) is 31.4 Å². The van der Waals surface area contributed by atoms with Gasteiger partial charge in [-0.15, -0.1) is 0 Å². The number of hydrogen-bond donors (Lipinski definition) is 0. The maximum atomic E-state index is 13.2. The van der Waals surface area contributed by atoms with Crippen LogP contribution in [0.5, 0.6) is 0 Å². The molecule has 2 aromatic carbocycles. The Morgan fingerprint density at radius 2 is 1.67 bits per heavy atom. The molecule has 1 unspecified atom stereocenters. The summed E-state index contributed by atoms with van der Waals surface area (Å²) in [6, 6.07) is 15.4. The van der Waals surface area contributed by atoms with E-state index in [1.54, 1.807) is 30.9 Å². The summed E-state index contributed by atoms with van der Waals surface area (Å²) in [6.07, 6.45) is 0.0848. The molecule has 1 atom stereocenters. The number of aryl methyl sites for hydroxylation is 1. The van der Waals surface area contributed by atoms with Crippen molar-refractivity contribution in [2.24, 2.45) is 0 Å². The fraction of sp³-hybridized carbons (Fsp3) is 0.393. The molecule has 0 aromatic heterocycles. The molecule has 0 bridgehead atoms. The molecular formula is C28H32ClN3O4. The van der Waals surface area contributed by atoms with Gasteiger partial charge in [-0.3, -0.25) is 9.59 Å². The van der Waals surface area contributed by atoms with Gasteiger partial charge in [0.1, 0.15) is 6.54 Å². The summed E-state index contributed by atoms with van der Waals surface area (Å²) in [7, 11) is 0. The Balaban J connectivity index is 1.50. The van der Waals surface area contributed by atoms with Gasteiger partial charge in [-0.05, 0) is 50.1 Å². The van der Waals surface area contributed by atoms with Gasteiger partial charge in [0.2, 0.25) is 11.8 Å². The first-order valence-electron chi connectivity index (χ1n) is 12.3. The van der Waals surface area contributed by atoms with Crippen LogP contribution in [0.2, 0.25) is 5.02 Å². The number of allylic oxidation sites excluding steroid dienone is 1. The van der Waals surface area contributed by atoms with Crippen molar-refractivity contribution < 1.29 is 19.1 Å². The minimum absolute atomic E-state index is 0.0848. The van der Waals surface area contributed by atoms with E-state index in [1.807, 2.05) is 24.3 Å². The first-order valence-corrected chi connectivity index (χ1v) is 12.7. The Kier molecular flexibility index (Phi) is 7.99. The number of halogens is 1. The summed E-state index contributed by atoms with van der Waals surface area (Å²) < 4.78 is 5.33. The summed E-state index contributed by atoms with van der Waals surface area (Å²) in [5, 5.41) is 0.578. The van der Waals surface area contributed by atoms with E-state index in [1.165, 1.54) is 16.2 Å². The molecule has 2 heterocycles. The van der Waals surface area contributed by atoms with Crippen molar-refractivity contribution >= 4 is 35.1 Å². The maximum Gasteiger partial charge on any atom is 0.336 e. The van der Waals surface area contributed by atoms with E-state index >= 15 is 0 Å². The number of amides is 2. The number of benzene rings is 2. The molecule has 190 valence electrons. The van der Waals surface area contributed by atoms with Gasteiger partial charge < -0.3 is 19.4 Å². The lowest BCUT2D eigenvalue weighted by molar-refractivity contribution is -0.142. The molecule has 0 N–H and O–H groups in total. The molecular weight excluding hydrogens is 478 g/mol. The smallest absolute Gasteiger partial charge is 0.336 e. The number of carbonyl (C=O) groups is 3. The van der Waals surface area contributed by atoms with Gasteiger partial charge in [0.05, 0.1) is 12.2 Å². The van der Waals surface area contributed by atoms with Crippen LogP contribution < -0.4 is 4.90 Å². The summed E-state index contributed by atoms with van der Waals surface area (Å²) in [5.74, 6) is -1.22. The Hall–Kier alpha value is -3.32. The quantitative estimate of drug-likeness (QED) is 0.547. The van der Waals surface area contributed by atoms with Crippen LogP contribution in [-0.4, -0.2) is 66.9 Å². The first kappa shape index (κ1) is 25.8. The van der Waals surface area contributed by atoms with E-state index in [0.717, 1.165) is 18.7 Å². The molecule has 0 saturated carbocycles. The highest BCUT2D eigenvalue weighted by atomic mass is 35.5. The number of esters is 1. The van der Waals surface area contributed by atoms with Crippen molar-refractivity contribution in [3.05, 3.63) is 76.0 Å². The Labute approximate surface area is 217 Å². The van der Waals surface area contributed by atoms with Gasteiger partial charge >= 0.3 is 5.97 Å². The third kappa shape index (κ3) is 5.41. The van der Waals surface area contributed by atoms with Crippen LogP contribution in [0.4, 0.5) is 5.69 Å². The van der Waals surface area contributed by atoms with E-state index in [4.69, 9.17) is 16.3 Å². The molecule has 4 rings (SSSR count). The predicted molar refractivity (Wildman–Crippen MR) is 140 cm³/mol. The van der Waals surface area contributed by atoms with Gasteiger partial charge in [0.15, 0.2) is 0 Å². The molecule has 36 heavy (non-hydrogen) atoms. The maximum absolute atomic E-state index is 13.2. The van der Waals surface area contributed by atoms with Crippen molar-refractivity contribution in [3.8, 4) is 0 Å². The van der Waals surface area contributed by atoms with E-state index in [9.17, 15) is 14.4 Å². The van der Waals surface area contributed by atoms with Gasteiger partial charge in [0.25, 0.3) is 0 Å². The van der Waals surface area contributed by atoms with Crippen LogP contribution in [-0.2, 0) is 19.1 Å². The van der Waals surface area contributed by atoms with E-state index in [2.05, 4.69) is 24.0 Å². The Morgan fingerprint density at radius 3 is 2.31 bits per heavy atom. The fourth-order valence-electron chi connectivity index (χ4n) is 5.01. The number of anilines is 1. The molecule has 2 aliphatic heterocycles. The lowest BCUT2D eigenvalue weighted by atomic mass is 9.83. The molecule has 1 saturated heterocycles. The number of para-hydroxylation sites is 1. The molecule has 0 aliphatic carbocycles. The zero-order chi connectivity index (χ0) is 25.8. The van der Waals surface area contributed by atoms with Crippen LogP contribution in [0, 0.1) is 6.92 Å². The molecule has 2 amide bonds. The summed E-state index contributed by atoms with van der Waals surface area (Å²) >= 11 is 6.04. The number of rotatable bonds is 6. The van der Waals surface area contributed by atoms with Crippen molar-refractivity contribution in [2.45, 2.75) is 33.1 Å². The lowest BCUT2D eigenvalue weighted by Crippen LogP contribution is -2.52. The van der Waals surface area contributed by atoms with Crippen molar-refractivity contribution in [3.63, 3.8) is 0 Å². The van der Waals surface area contributed by atoms with Crippen LogP contribution in [0.15, 0.2) is 59.8 Å². The summed E-state index contributed by atoms with van der Waals surface area (Å²) in [5.41, 5.74) is 4.08. The van der Waals surface area contributed by atoms with Gasteiger partial charge in [-0.1, -0.05) is 41.9 Å². The molecule has 7 nitrogen and oxygen atoms in total. The minimum Gasteiger partial charge on any atom is -0.463 e. The second-order valence-electron chi connectivity index (χ2n) is 9.16. The van der Waals surface area contributed by atoms with Gasteiger partial charge in [-0.2, -0.15) is 0 Å². The number of carbonyl (C=O) groups excluding carboxylic acids is 3. The molecule has 0 spiro atoms. The highest BCUT2D eigenvalue weighted by Gasteiger charge is 2.38. The van der Waals surface area contributed by atoms with Gasteiger partial charge in [-0.25, -0.2) is 4.79 Å². The first-order chi connectivity index (χ1) is 17.3. The van der Waals surface area contributed by atoms with Crippen LogP contribution in [0.1, 0.15) is 37.3 Å². The normalized spacial score (nSPS) is 18.5. The second-order valence-corrected chi connectivity index (χ2v) is 9.60. The third-order valence-corrected chi connectivity index (χ3v) is 7.22. The molecule has 0 radical (unpaired) electrons. The molecule has 2 aromatic rings. The minimum atomic E-state index is -0.466. The Bertz CT molecular complexity index is 1170. The average molecular weight is 510 g/mol. The zero-order valence-electron chi connectivity index (χ0n) is 21.0. The average Bonchev–Trinajstić information content (AvgIpc) is 2.87. The zero-order valence-corrected chi connectivity index (χ0v) is 21.8. The van der Waals surface area contributed by atoms with Crippen molar-refractivity contribution in [1.82, 2.24) is 9.80 Å². The molecule has 2 aliphatic rings. The summed E-state index contributed by atoms with van der Waals surface area (Å²) in [6.45, 7) is 8.30. The van der Waals surface area contributed by atoms with Crippen LogP contribution >= 0.6 is 11.6 Å². The highest BCUT2D eigenvalue weighted by molar-refractivity contribution is 6.30. The predicted octanol–water partition coefficient (Wildman–Crippen LogP) is 4.15. The third-order valence-electron chi connectivity index (χ3n) is 6.97. The summed E-state index contributed by atoms with van der Waals surface area (Å²) in [4.78, 5) is 44.9. The monoisotopic (exact) mass is 509 g/mol. The van der Waals surface area contributed by atoms with E-state index < -0.39 is 11.9 Å². The van der Waals surface area contributed by atoms with Crippen LogP contribution in [0.25, 0.3) is 0 Å². The van der Waals surface area contributed by atoms with Crippen molar-refractivity contribution in [2.75, 3.05) is 44.2 Å². The second kappa shape index (κ2) is 11.2.